The highest BCUT2D eigenvalue weighted by Gasteiger charge is 2.51. The Kier molecular flexibility index (Phi) is 3.23. The number of carbonyl (C=O) groups excluding carboxylic acids is 1. The molecule has 0 aromatic rings. The van der Waals surface area contributed by atoms with Crippen LogP contribution in [-0.4, -0.2) is 5.78 Å². The van der Waals surface area contributed by atoms with E-state index in [4.69, 9.17) is 0 Å². The van der Waals surface area contributed by atoms with Crippen molar-refractivity contribution in [2.75, 3.05) is 0 Å². The van der Waals surface area contributed by atoms with E-state index in [0.29, 0.717) is 17.6 Å². The van der Waals surface area contributed by atoms with Crippen LogP contribution in [0.4, 0.5) is 0 Å². The second-order valence-electron chi connectivity index (χ2n) is 8.97. The predicted octanol–water partition coefficient (Wildman–Crippen LogP) is 4.70. The molecule has 0 radical (unpaired) electrons. The van der Waals surface area contributed by atoms with Gasteiger partial charge < -0.3 is 0 Å². The van der Waals surface area contributed by atoms with Crippen molar-refractivity contribution in [3.8, 4) is 0 Å². The lowest BCUT2D eigenvalue weighted by molar-refractivity contribution is -0.142. The molecule has 112 valence electrons. The molecular weight excluding hydrogens is 244 g/mol. The highest BCUT2D eigenvalue weighted by atomic mass is 16.1. The van der Waals surface area contributed by atoms with Crippen molar-refractivity contribution >= 4 is 5.78 Å². The van der Waals surface area contributed by atoms with E-state index in [2.05, 4.69) is 13.8 Å². The summed E-state index contributed by atoms with van der Waals surface area (Å²) in [6, 6.07) is 0. The Morgan fingerprint density at radius 1 is 0.700 bits per heavy atom. The van der Waals surface area contributed by atoms with Crippen molar-refractivity contribution in [1.29, 1.82) is 0 Å². The fraction of sp³-hybridized carbons (Fsp3) is 0.947. The second kappa shape index (κ2) is 4.85. The third-order valence-electron chi connectivity index (χ3n) is 7.14. The van der Waals surface area contributed by atoms with Gasteiger partial charge in [-0.15, -0.1) is 0 Å². The van der Waals surface area contributed by atoms with Gasteiger partial charge >= 0.3 is 0 Å². The summed E-state index contributed by atoms with van der Waals surface area (Å²) in [5.74, 6) is 6.68. The molecular formula is C19H30O. The van der Waals surface area contributed by atoms with Crippen LogP contribution in [0.3, 0.4) is 0 Å². The fourth-order valence-electron chi connectivity index (χ4n) is 6.84. The van der Waals surface area contributed by atoms with Gasteiger partial charge in [-0.3, -0.25) is 4.79 Å². The van der Waals surface area contributed by atoms with Crippen LogP contribution in [0.5, 0.6) is 0 Å². The smallest absolute Gasteiger partial charge is 0.139 e. The first-order chi connectivity index (χ1) is 9.60. The number of hydrogen-bond acceptors (Lipinski definition) is 1. The van der Waals surface area contributed by atoms with Crippen LogP contribution in [0.1, 0.15) is 65.2 Å². The Morgan fingerprint density at radius 2 is 1.20 bits per heavy atom. The number of hydrogen-bond donors (Lipinski definition) is 0. The lowest BCUT2D eigenvalue weighted by Gasteiger charge is -2.54. The summed E-state index contributed by atoms with van der Waals surface area (Å²) < 4.78 is 0. The molecule has 2 atom stereocenters. The van der Waals surface area contributed by atoms with Crippen LogP contribution in [0.15, 0.2) is 0 Å². The van der Waals surface area contributed by atoms with Gasteiger partial charge in [0.2, 0.25) is 0 Å². The number of ketones is 1. The standard InChI is InChI=1S/C19H30O/c1-11-3-12(2)5-17(4-11)19(20)18-15-7-13-6-14(9-15)10-16(18)8-13/h11-18H,3-10H2,1-2H3. The van der Waals surface area contributed by atoms with Crippen molar-refractivity contribution in [2.24, 2.45) is 47.3 Å². The molecule has 5 aliphatic rings. The van der Waals surface area contributed by atoms with E-state index < -0.39 is 0 Å². The SMILES string of the molecule is CC1CC(C)CC(C(=O)C2C3CC4CC(C3)CC2C4)C1. The molecule has 5 fully saturated rings. The summed E-state index contributed by atoms with van der Waals surface area (Å²) in [4.78, 5) is 13.2. The van der Waals surface area contributed by atoms with Crippen molar-refractivity contribution in [3.63, 3.8) is 0 Å². The topological polar surface area (TPSA) is 17.1 Å². The first-order valence-corrected chi connectivity index (χ1v) is 9.13. The van der Waals surface area contributed by atoms with E-state index in [1.165, 1.54) is 51.4 Å². The summed E-state index contributed by atoms with van der Waals surface area (Å²) in [6.45, 7) is 4.71. The first-order valence-electron chi connectivity index (χ1n) is 9.13. The minimum Gasteiger partial charge on any atom is -0.299 e. The average Bonchev–Trinajstić information content (AvgIpc) is 2.35. The summed E-state index contributed by atoms with van der Waals surface area (Å²) in [6.07, 6.45) is 10.8. The molecule has 0 aliphatic heterocycles. The van der Waals surface area contributed by atoms with Gasteiger partial charge in [0.1, 0.15) is 5.78 Å². The highest BCUT2D eigenvalue weighted by molar-refractivity contribution is 5.84. The highest BCUT2D eigenvalue weighted by Crippen LogP contribution is 2.57. The number of rotatable bonds is 2. The summed E-state index contributed by atoms with van der Waals surface area (Å²) in [5.41, 5.74) is 0. The molecule has 5 aliphatic carbocycles. The van der Waals surface area contributed by atoms with Gasteiger partial charge in [-0.05, 0) is 86.9 Å². The van der Waals surface area contributed by atoms with Gasteiger partial charge in [-0.1, -0.05) is 13.8 Å². The maximum Gasteiger partial charge on any atom is 0.139 e. The Balaban J connectivity index is 1.51. The van der Waals surface area contributed by atoms with Gasteiger partial charge in [-0.2, -0.15) is 0 Å². The molecule has 0 saturated heterocycles. The number of Topliss-reactive ketones (excluding diaryl/α,β-unsaturated/α-hetero) is 1. The van der Waals surface area contributed by atoms with Gasteiger partial charge in [0.15, 0.2) is 0 Å². The molecule has 1 heteroatoms. The average molecular weight is 274 g/mol. The van der Waals surface area contributed by atoms with E-state index in [1.54, 1.807) is 0 Å². The molecule has 0 aromatic heterocycles. The van der Waals surface area contributed by atoms with E-state index in [9.17, 15) is 4.79 Å². The van der Waals surface area contributed by atoms with Crippen LogP contribution >= 0.6 is 0 Å². The van der Waals surface area contributed by atoms with E-state index in [0.717, 1.165) is 35.5 Å². The Hall–Kier alpha value is -0.330. The predicted molar refractivity (Wildman–Crippen MR) is 81.2 cm³/mol. The summed E-state index contributed by atoms with van der Waals surface area (Å²) >= 11 is 0. The van der Waals surface area contributed by atoms with Crippen molar-refractivity contribution in [1.82, 2.24) is 0 Å². The minimum absolute atomic E-state index is 0.413. The lowest BCUT2D eigenvalue weighted by atomic mass is 9.50. The zero-order chi connectivity index (χ0) is 13.9. The van der Waals surface area contributed by atoms with E-state index >= 15 is 0 Å². The summed E-state index contributed by atoms with van der Waals surface area (Å²) in [7, 11) is 0. The maximum atomic E-state index is 13.2. The van der Waals surface area contributed by atoms with Crippen molar-refractivity contribution in [2.45, 2.75) is 65.2 Å². The molecule has 4 bridgehead atoms. The van der Waals surface area contributed by atoms with Crippen LogP contribution in [-0.2, 0) is 4.79 Å². The Morgan fingerprint density at radius 3 is 1.70 bits per heavy atom. The molecule has 0 aromatic carbocycles. The van der Waals surface area contributed by atoms with Gasteiger partial charge in [0.05, 0.1) is 0 Å². The van der Waals surface area contributed by atoms with Crippen molar-refractivity contribution < 1.29 is 4.79 Å². The Labute approximate surface area is 123 Å². The van der Waals surface area contributed by atoms with Crippen LogP contribution in [0, 0.1) is 47.3 Å². The van der Waals surface area contributed by atoms with Crippen molar-refractivity contribution in [3.05, 3.63) is 0 Å². The van der Waals surface area contributed by atoms with Crippen LogP contribution in [0.25, 0.3) is 0 Å². The molecule has 2 unspecified atom stereocenters. The van der Waals surface area contributed by atoms with Gasteiger partial charge in [0.25, 0.3) is 0 Å². The molecule has 0 spiro atoms. The molecule has 1 nitrogen and oxygen atoms in total. The normalized spacial score (nSPS) is 54.1. The first kappa shape index (κ1) is 13.3. The maximum absolute atomic E-state index is 13.2. The quantitative estimate of drug-likeness (QED) is 0.713. The zero-order valence-electron chi connectivity index (χ0n) is 13.2. The van der Waals surface area contributed by atoms with Gasteiger partial charge in [0, 0.05) is 11.8 Å². The lowest BCUT2D eigenvalue weighted by Crippen LogP contribution is -2.49. The van der Waals surface area contributed by atoms with Crippen LogP contribution in [0.2, 0.25) is 0 Å². The molecule has 5 saturated carbocycles. The fourth-order valence-corrected chi connectivity index (χ4v) is 6.84. The largest absolute Gasteiger partial charge is 0.299 e. The summed E-state index contributed by atoms with van der Waals surface area (Å²) in [5, 5.41) is 0. The van der Waals surface area contributed by atoms with E-state index in [-0.39, 0.29) is 0 Å². The van der Waals surface area contributed by atoms with Crippen LogP contribution < -0.4 is 0 Å². The molecule has 0 amide bonds. The minimum atomic E-state index is 0.413. The molecule has 0 N–H and O–H groups in total. The third-order valence-corrected chi connectivity index (χ3v) is 7.14. The third kappa shape index (κ3) is 2.16. The van der Waals surface area contributed by atoms with E-state index in [1.807, 2.05) is 0 Å². The monoisotopic (exact) mass is 274 g/mol. The second-order valence-corrected chi connectivity index (χ2v) is 8.97. The molecule has 0 heterocycles. The van der Waals surface area contributed by atoms with Gasteiger partial charge in [-0.25, -0.2) is 0 Å². The zero-order valence-corrected chi connectivity index (χ0v) is 13.2. The Bertz CT molecular complexity index is 361. The number of carbonyl (C=O) groups is 1. The molecule has 5 rings (SSSR count). The molecule has 20 heavy (non-hydrogen) atoms.